The first kappa shape index (κ1) is 12.1. The fourth-order valence-corrected chi connectivity index (χ4v) is 2.34. The Kier molecular flexibility index (Phi) is 4.12. The summed E-state index contributed by atoms with van der Waals surface area (Å²) in [5, 5.41) is 2.12. The van der Waals surface area contributed by atoms with E-state index >= 15 is 0 Å². The normalized spacial score (nSPS) is 10.9. The molecule has 17 heavy (non-hydrogen) atoms. The molecule has 0 aliphatic heterocycles. The molecular weight excluding hydrogens is 230 g/mol. The molecule has 0 bridgehead atoms. The number of nitrogens with zero attached hydrogens (tertiary/aromatic N) is 2. The molecule has 2 heterocycles. The second-order valence-corrected chi connectivity index (χ2v) is 5.18. The molecule has 2 rings (SSSR count). The standard InChI is InChI=1S/C13H17N3S/c1-16(7-6-13-3-2-8-17-13)10-12-5-4-11(14)9-15-12/h2-5,8-9H,6-7,10,14H2,1H3. The first-order chi connectivity index (χ1) is 8.24. The molecular formula is C13H17N3S. The van der Waals surface area contributed by atoms with Crippen LogP contribution < -0.4 is 5.73 Å². The van der Waals surface area contributed by atoms with Crippen LogP contribution >= 0.6 is 11.3 Å². The van der Waals surface area contributed by atoms with Gasteiger partial charge in [-0.05, 0) is 37.0 Å². The van der Waals surface area contributed by atoms with E-state index in [0.717, 1.165) is 30.9 Å². The van der Waals surface area contributed by atoms with E-state index in [1.807, 2.05) is 23.5 Å². The van der Waals surface area contributed by atoms with Crippen molar-refractivity contribution < 1.29 is 0 Å². The molecule has 0 spiro atoms. The fourth-order valence-electron chi connectivity index (χ4n) is 1.64. The van der Waals surface area contributed by atoms with Crippen molar-refractivity contribution in [2.75, 3.05) is 19.3 Å². The van der Waals surface area contributed by atoms with Gasteiger partial charge in [-0.25, -0.2) is 0 Å². The molecule has 0 saturated heterocycles. The van der Waals surface area contributed by atoms with Crippen LogP contribution in [-0.2, 0) is 13.0 Å². The van der Waals surface area contributed by atoms with Gasteiger partial charge in [0.05, 0.1) is 17.6 Å². The van der Waals surface area contributed by atoms with Gasteiger partial charge in [-0.1, -0.05) is 6.07 Å². The average molecular weight is 247 g/mol. The molecule has 0 aromatic carbocycles. The van der Waals surface area contributed by atoms with E-state index in [4.69, 9.17) is 5.73 Å². The highest BCUT2D eigenvalue weighted by Crippen LogP contribution is 2.10. The van der Waals surface area contributed by atoms with Crippen LogP contribution in [0.25, 0.3) is 0 Å². The van der Waals surface area contributed by atoms with Crippen LogP contribution in [0.1, 0.15) is 10.6 Å². The molecule has 0 saturated carbocycles. The Labute approximate surface area is 106 Å². The molecule has 0 aliphatic carbocycles. The number of aromatic nitrogens is 1. The lowest BCUT2D eigenvalue weighted by Gasteiger charge is -2.15. The number of hydrogen-bond acceptors (Lipinski definition) is 4. The number of likely N-dealkylation sites (N-methyl/N-ethyl adjacent to an activating group) is 1. The van der Waals surface area contributed by atoms with Gasteiger partial charge in [0.15, 0.2) is 0 Å². The van der Waals surface area contributed by atoms with Crippen LogP contribution in [0.5, 0.6) is 0 Å². The van der Waals surface area contributed by atoms with Gasteiger partial charge < -0.3 is 10.6 Å². The van der Waals surface area contributed by atoms with Crippen molar-refractivity contribution in [3.05, 3.63) is 46.4 Å². The van der Waals surface area contributed by atoms with E-state index in [1.54, 1.807) is 6.20 Å². The first-order valence-electron chi connectivity index (χ1n) is 5.65. The maximum atomic E-state index is 5.61. The summed E-state index contributed by atoms with van der Waals surface area (Å²) in [6, 6.07) is 8.16. The van der Waals surface area contributed by atoms with Crippen molar-refractivity contribution in [3.8, 4) is 0 Å². The zero-order valence-electron chi connectivity index (χ0n) is 9.97. The van der Waals surface area contributed by atoms with Crippen molar-refractivity contribution in [1.82, 2.24) is 9.88 Å². The number of hydrogen-bond donors (Lipinski definition) is 1. The second-order valence-electron chi connectivity index (χ2n) is 4.15. The molecule has 0 amide bonds. The third kappa shape index (κ3) is 3.84. The summed E-state index contributed by atoms with van der Waals surface area (Å²) in [6.45, 7) is 1.91. The maximum Gasteiger partial charge on any atom is 0.0545 e. The van der Waals surface area contributed by atoms with Gasteiger partial charge in [0.2, 0.25) is 0 Å². The quantitative estimate of drug-likeness (QED) is 0.882. The second kappa shape index (κ2) is 5.80. The Bertz CT molecular complexity index is 436. The zero-order valence-corrected chi connectivity index (χ0v) is 10.8. The molecule has 4 heteroatoms. The predicted molar refractivity (Wildman–Crippen MR) is 73.0 cm³/mol. The molecule has 2 aromatic rings. The molecule has 2 N–H and O–H groups in total. The van der Waals surface area contributed by atoms with Gasteiger partial charge in [0.25, 0.3) is 0 Å². The summed E-state index contributed by atoms with van der Waals surface area (Å²) in [6.07, 6.45) is 2.81. The van der Waals surface area contributed by atoms with E-state index < -0.39 is 0 Å². The summed E-state index contributed by atoms with van der Waals surface area (Å²) in [5.74, 6) is 0. The summed E-state index contributed by atoms with van der Waals surface area (Å²) in [7, 11) is 2.12. The van der Waals surface area contributed by atoms with Crippen LogP contribution in [-0.4, -0.2) is 23.5 Å². The van der Waals surface area contributed by atoms with E-state index in [9.17, 15) is 0 Å². The third-order valence-corrected chi connectivity index (χ3v) is 3.54. The van der Waals surface area contributed by atoms with Gasteiger partial charge in [-0.3, -0.25) is 4.98 Å². The lowest BCUT2D eigenvalue weighted by Crippen LogP contribution is -2.21. The van der Waals surface area contributed by atoms with Crippen LogP contribution in [0.15, 0.2) is 35.8 Å². The lowest BCUT2D eigenvalue weighted by atomic mass is 10.3. The van der Waals surface area contributed by atoms with Gasteiger partial charge in [-0.15, -0.1) is 11.3 Å². The Morgan fingerprint density at radius 2 is 2.24 bits per heavy atom. The number of thiophene rings is 1. The summed E-state index contributed by atoms with van der Waals surface area (Å²) < 4.78 is 0. The van der Waals surface area contributed by atoms with Crippen molar-refractivity contribution in [2.24, 2.45) is 0 Å². The van der Waals surface area contributed by atoms with Crippen LogP contribution in [0.3, 0.4) is 0 Å². The Balaban J connectivity index is 1.80. The number of anilines is 1. The van der Waals surface area contributed by atoms with Gasteiger partial charge in [-0.2, -0.15) is 0 Å². The molecule has 90 valence electrons. The third-order valence-electron chi connectivity index (χ3n) is 2.60. The predicted octanol–water partition coefficient (Wildman–Crippen LogP) is 2.40. The highest BCUT2D eigenvalue weighted by molar-refractivity contribution is 7.09. The minimum absolute atomic E-state index is 0.718. The molecule has 0 aliphatic rings. The lowest BCUT2D eigenvalue weighted by molar-refractivity contribution is 0.328. The summed E-state index contributed by atoms with van der Waals surface area (Å²) in [5.41, 5.74) is 7.39. The van der Waals surface area contributed by atoms with Crippen molar-refractivity contribution in [3.63, 3.8) is 0 Å². The monoisotopic (exact) mass is 247 g/mol. The Hall–Kier alpha value is -1.39. The first-order valence-corrected chi connectivity index (χ1v) is 6.53. The van der Waals surface area contributed by atoms with E-state index in [0.29, 0.717) is 0 Å². The minimum atomic E-state index is 0.718. The van der Waals surface area contributed by atoms with Crippen molar-refractivity contribution in [2.45, 2.75) is 13.0 Å². The topological polar surface area (TPSA) is 42.1 Å². The highest BCUT2D eigenvalue weighted by atomic mass is 32.1. The van der Waals surface area contributed by atoms with Crippen molar-refractivity contribution >= 4 is 17.0 Å². The Morgan fingerprint density at radius 3 is 2.88 bits per heavy atom. The van der Waals surface area contributed by atoms with Crippen LogP contribution in [0.4, 0.5) is 5.69 Å². The summed E-state index contributed by atoms with van der Waals surface area (Å²) >= 11 is 1.81. The number of nitrogens with two attached hydrogens (primary N) is 1. The van der Waals surface area contributed by atoms with Gasteiger partial charge in [0, 0.05) is 18.0 Å². The molecule has 2 aromatic heterocycles. The highest BCUT2D eigenvalue weighted by Gasteiger charge is 2.02. The van der Waals surface area contributed by atoms with Crippen molar-refractivity contribution in [1.29, 1.82) is 0 Å². The number of rotatable bonds is 5. The van der Waals surface area contributed by atoms with E-state index in [-0.39, 0.29) is 0 Å². The maximum absolute atomic E-state index is 5.61. The van der Waals surface area contributed by atoms with Crippen LogP contribution in [0, 0.1) is 0 Å². The number of nitrogen functional groups attached to an aromatic ring is 1. The number of pyridine rings is 1. The average Bonchev–Trinajstić information content (AvgIpc) is 2.83. The van der Waals surface area contributed by atoms with Crippen LogP contribution in [0.2, 0.25) is 0 Å². The zero-order chi connectivity index (χ0) is 12.1. The molecule has 0 radical (unpaired) electrons. The van der Waals surface area contributed by atoms with E-state index in [2.05, 4.69) is 34.4 Å². The minimum Gasteiger partial charge on any atom is -0.397 e. The van der Waals surface area contributed by atoms with E-state index in [1.165, 1.54) is 4.88 Å². The van der Waals surface area contributed by atoms with Gasteiger partial charge in [0.1, 0.15) is 0 Å². The smallest absolute Gasteiger partial charge is 0.0545 e. The van der Waals surface area contributed by atoms with Gasteiger partial charge >= 0.3 is 0 Å². The molecule has 0 fully saturated rings. The fraction of sp³-hybridized carbons (Fsp3) is 0.308. The molecule has 3 nitrogen and oxygen atoms in total. The summed E-state index contributed by atoms with van der Waals surface area (Å²) in [4.78, 5) is 8.01. The molecule has 0 unspecified atom stereocenters. The SMILES string of the molecule is CN(CCc1cccs1)Cc1ccc(N)cn1. The largest absolute Gasteiger partial charge is 0.397 e. The Morgan fingerprint density at radius 1 is 1.35 bits per heavy atom. The molecule has 0 atom stereocenters.